The summed E-state index contributed by atoms with van der Waals surface area (Å²) in [7, 11) is 0. The number of nitro groups is 1. The Morgan fingerprint density at radius 2 is 2.00 bits per heavy atom. The van der Waals surface area contributed by atoms with Crippen LogP contribution in [0, 0.1) is 10.1 Å². The Morgan fingerprint density at radius 1 is 1.35 bits per heavy atom. The summed E-state index contributed by atoms with van der Waals surface area (Å²) in [6.45, 7) is 1.81. The third-order valence-corrected chi connectivity index (χ3v) is 2.78. The van der Waals surface area contributed by atoms with Crippen LogP contribution in [0.25, 0.3) is 0 Å². The maximum atomic E-state index is 11.0. The largest absolute Gasteiger partial charge is 0.508 e. The minimum Gasteiger partial charge on any atom is -0.508 e. The monoisotopic (exact) mass is 275 g/mol. The van der Waals surface area contributed by atoms with Crippen LogP contribution < -0.4 is 11.1 Å². The number of rotatable bonds is 4. The number of phenolic OH excluding ortho intramolecular Hbond substituents is 1. The molecule has 2 aromatic rings. The number of anilines is 2. The van der Waals surface area contributed by atoms with Crippen molar-refractivity contribution in [1.29, 1.82) is 0 Å². The first-order valence-electron chi connectivity index (χ1n) is 5.79. The molecule has 104 valence electrons. The molecule has 1 heterocycles. The summed E-state index contributed by atoms with van der Waals surface area (Å²) in [6, 6.07) is 6.25. The van der Waals surface area contributed by atoms with E-state index < -0.39 is 4.92 Å². The van der Waals surface area contributed by atoms with Gasteiger partial charge in [0, 0.05) is 0 Å². The van der Waals surface area contributed by atoms with Crippen molar-refractivity contribution in [1.82, 2.24) is 9.97 Å². The number of benzene rings is 1. The fourth-order valence-corrected chi connectivity index (χ4v) is 1.73. The zero-order valence-electron chi connectivity index (χ0n) is 10.6. The standard InChI is InChI=1S/C12H13N5O3/c1-7(8-2-4-9(18)5-3-8)16-12-10(17(19)20)11(13)14-6-15-12/h2-7,18H,1H3,(H3,13,14,15,16). The molecule has 1 aromatic heterocycles. The predicted molar refractivity (Wildman–Crippen MR) is 73.2 cm³/mol. The van der Waals surface area contributed by atoms with Gasteiger partial charge in [-0.25, -0.2) is 9.97 Å². The summed E-state index contributed by atoms with van der Waals surface area (Å²) < 4.78 is 0. The molecule has 1 atom stereocenters. The predicted octanol–water partition coefficient (Wildman–Crippen LogP) is 1.85. The quantitative estimate of drug-likeness (QED) is 0.573. The molecule has 1 aromatic carbocycles. The van der Waals surface area contributed by atoms with Gasteiger partial charge in [0.25, 0.3) is 0 Å². The number of phenols is 1. The molecule has 0 bridgehead atoms. The maximum Gasteiger partial charge on any atom is 0.353 e. The van der Waals surface area contributed by atoms with Crippen LogP contribution in [-0.4, -0.2) is 20.0 Å². The molecule has 0 amide bonds. The van der Waals surface area contributed by atoms with E-state index in [0.717, 1.165) is 11.9 Å². The Kier molecular flexibility index (Phi) is 3.65. The fourth-order valence-electron chi connectivity index (χ4n) is 1.73. The minimum atomic E-state index is -0.624. The molecule has 20 heavy (non-hydrogen) atoms. The van der Waals surface area contributed by atoms with E-state index in [2.05, 4.69) is 15.3 Å². The number of nitrogens with zero attached hydrogens (tertiary/aromatic N) is 3. The van der Waals surface area contributed by atoms with E-state index in [-0.39, 0.29) is 29.1 Å². The smallest absolute Gasteiger partial charge is 0.353 e. The lowest BCUT2D eigenvalue weighted by atomic mass is 10.1. The van der Waals surface area contributed by atoms with Crippen molar-refractivity contribution in [3.63, 3.8) is 0 Å². The van der Waals surface area contributed by atoms with Gasteiger partial charge in [-0.05, 0) is 24.6 Å². The highest BCUT2D eigenvalue weighted by Gasteiger charge is 2.22. The third kappa shape index (κ3) is 2.74. The Labute approximate surface area is 114 Å². The molecular weight excluding hydrogens is 262 g/mol. The van der Waals surface area contributed by atoms with E-state index in [1.807, 2.05) is 6.92 Å². The lowest BCUT2D eigenvalue weighted by molar-refractivity contribution is -0.383. The van der Waals surface area contributed by atoms with Gasteiger partial charge >= 0.3 is 5.69 Å². The summed E-state index contributed by atoms with van der Waals surface area (Å²) in [5.41, 5.74) is 5.98. The SMILES string of the molecule is CC(Nc1ncnc(N)c1[N+](=O)[O-])c1ccc(O)cc1. The molecule has 0 radical (unpaired) electrons. The van der Waals surface area contributed by atoms with Crippen molar-refractivity contribution >= 4 is 17.3 Å². The molecule has 2 rings (SSSR count). The summed E-state index contributed by atoms with van der Waals surface area (Å²) in [4.78, 5) is 17.8. The summed E-state index contributed by atoms with van der Waals surface area (Å²) in [5, 5.41) is 23.1. The lowest BCUT2D eigenvalue weighted by Gasteiger charge is -2.15. The summed E-state index contributed by atoms with van der Waals surface area (Å²) >= 11 is 0. The highest BCUT2D eigenvalue weighted by Crippen LogP contribution is 2.29. The van der Waals surface area contributed by atoms with Gasteiger partial charge in [-0.3, -0.25) is 10.1 Å². The van der Waals surface area contributed by atoms with Crippen LogP contribution in [0.5, 0.6) is 5.75 Å². The van der Waals surface area contributed by atoms with Gasteiger partial charge in [-0.1, -0.05) is 12.1 Å². The van der Waals surface area contributed by atoms with E-state index in [1.54, 1.807) is 12.1 Å². The van der Waals surface area contributed by atoms with Crippen LogP contribution in [0.15, 0.2) is 30.6 Å². The second kappa shape index (κ2) is 5.39. The van der Waals surface area contributed by atoms with Crippen LogP contribution in [0.1, 0.15) is 18.5 Å². The third-order valence-electron chi connectivity index (χ3n) is 2.78. The number of hydrogen-bond donors (Lipinski definition) is 3. The number of hydrogen-bond acceptors (Lipinski definition) is 7. The number of nitrogens with two attached hydrogens (primary N) is 1. The van der Waals surface area contributed by atoms with E-state index in [0.29, 0.717) is 0 Å². The van der Waals surface area contributed by atoms with Gasteiger partial charge in [0.2, 0.25) is 11.6 Å². The van der Waals surface area contributed by atoms with E-state index in [1.165, 1.54) is 12.1 Å². The first-order valence-corrected chi connectivity index (χ1v) is 5.79. The van der Waals surface area contributed by atoms with Crippen molar-refractivity contribution in [2.24, 2.45) is 0 Å². The fraction of sp³-hybridized carbons (Fsp3) is 0.167. The van der Waals surface area contributed by atoms with Crippen molar-refractivity contribution in [3.8, 4) is 5.75 Å². The number of nitrogen functional groups attached to an aromatic ring is 1. The first kappa shape index (κ1) is 13.5. The minimum absolute atomic E-state index is 0.0584. The van der Waals surface area contributed by atoms with Gasteiger partial charge in [0.15, 0.2) is 0 Å². The molecule has 0 aliphatic rings. The van der Waals surface area contributed by atoms with Crippen molar-refractivity contribution in [3.05, 3.63) is 46.3 Å². The van der Waals surface area contributed by atoms with Crippen LogP contribution >= 0.6 is 0 Å². The van der Waals surface area contributed by atoms with Crippen LogP contribution in [-0.2, 0) is 0 Å². The Morgan fingerprint density at radius 3 is 2.60 bits per heavy atom. The number of aromatic hydroxyl groups is 1. The molecule has 0 saturated carbocycles. The lowest BCUT2D eigenvalue weighted by Crippen LogP contribution is -2.11. The van der Waals surface area contributed by atoms with Crippen LogP contribution in [0.2, 0.25) is 0 Å². The molecule has 8 heteroatoms. The van der Waals surface area contributed by atoms with E-state index in [9.17, 15) is 15.2 Å². The van der Waals surface area contributed by atoms with Gasteiger partial charge in [0.1, 0.15) is 12.1 Å². The molecule has 0 aliphatic heterocycles. The molecule has 4 N–H and O–H groups in total. The molecule has 0 fully saturated rings. The number of nitrogens with one attached hydrogen (secondary N) is 1. The Hall–Kier alpha value is -2.90. The maximum absolute atomic E-state index is 11.0. The van der Waals surface area contributed by atoms with Gasteiger partial charge < -0.3 is 16.2 Å². The summed E-state index contributed by atoms with van der Waals surface area (Å²) in [6.07, 6.45) is 1.16. The molecule has 8 nitrogen and oxygen atoms in total. The van der Waals surface area contributed by atoms with Gasteiger partial charge in [-0.15, -0.1) is 0 Å². The van der Waals surface area contributed by atoms with E-state index in [4.69, 9.17) is 5.73 Å². The zero-order chi connectivity index (χ0) is 14.7. The molecular formula is C12H13N5O3. The van der Waals surface area contributed by atoms with Gasteiger partial charge in [0.05, 0.1) is 11.0 Å². The summed E-state index contributed by atoms with van der Waals surface area (Å²) in [5.74, 6) is 0.0201. The average Bonchev–Trinajstić information content (AvgIpc) is 2.39. The van der Waals surface area contributed by atoms with E-state index >= 15 is 0 Å². The number of aromatic nitrogens is 2. The normalized spacial score (nSPS) is 11.8. The topological polar surface area (TPSA) is 127 Å². The highest BCUT2D eigenvalue weighted by atomic mass is 16.6. The Balaban J connectivity index is 2.28. The second-order valence-electron chi connectivity index (χ2n) is 4.17. The van der Waals surface area contributed by atoms with Crippen molar-refractivity contribution in [2.45, 2.75) is 13.0 Å². The molecule has 0 aliphatic carbocycles. The average molecular weight is 275 g/mol. The second-order valence-corrected chi connectivity index (χ2v) is 4.17. The Bertz CT molecular complexity index is 629. The molecule has 0 spiro atoms. The van der Waals surface area contributed by atoms with Crippen LogP contribution in [0.3, 0.4) is 0 Å². The van der Waals surface area contributed by atoms with Gasteiger partial charge in [-0.2, -0.15) is 0 Å². The van der Waals surface area contributed by atoms with Crippen molar-refractivity contribution < 1.29 is 10.0 Å². The molecule has 0 saturated heterocycles. The first-order chi connectivity index (χ1) is 9.49. The highest BCUT2D eigenvalue weighted by molar-refractivity contribution is 5.67. The van der Waals surface area contributed by atoms with Crippen LogP contribution in [0.4, 0.5) is 17.3 Å². The molecule has 1 unspecified atom stereocenters. The zero-order valence-corrected chi connectivity index (χ0v) is 10.6. The van der Waals surface area contributed by atoms with Crippen molar-refractivity contribution in [2.75, 3.05) is 11.1 Å².